The molecule has 0 aliphatic rings. The van der Waals surface area contributed by atoms with Crippen LogP contribution in [0.5, 0.6) is 5.75 Å². The van der Waals surface area contributed by atoms with Crippen LogP contribution in [0.25, 0.3) is 0 Å². The number of carbonyl (C=O) groups excluding carboxylic acids is 1. The molecular formula is C45H24BF24NO2. The molecule has 0 unspecified atom stereocenters. The molecule has 1 heterocycles. The topological polar surface area (TPSA) is 41.2 Å². The van der Waals surface area contributed by atoms with E-state index in [1.807, 2.05) is 18.2 Å². The lowest BCUT2D eigenvalue weighted by Gasteiger charge is -2.46. The first-order chi connectivity index (χ1) is 33.0. The van der Waals surface area contributed by atoms with Gasteiger partial charge in [-0.1, -0.05) is 78.9 Å². The molecule has 0 spiro atoms. The number of Topliss-reactive ketones (excluding diaryl/α,β-unsaturated/α-hetero) is 1. The minimum atomic E-state index is -6.13. The molecule has 392 valence electrons. The standard InChI is InChI=1S/C32H12BF24.C13H11NO2/c34-25(35,36)13-1-14(26(37,38)39)6-21(5-13)33(22-7-15(27(40,41)42)2-16(8-22)28(43,44)45,23-9-17(29(46,47)48)3-18(10-23)30(49,50)51)24-11-19(31(52,53)54)4-20(12-24)32(55,56)57;15-12-6-8-14(9-7-12)10-13(16)11-4-2-1-3-5-11/h1-12H;1-9H,10H2/q-1;/p+1. The molecule has 0 aliphatic carbocycles. The highest BCUT2D eigenvalue weighted by Gasteiger charge is 2.47. The fraction of sp³-hybridized carbons (Fsp3) is 0.200. The molecule has 0 bridgehead atoms. The van der Waals surface area contributed by atoms with Crippen molar-refractivity contribution in [1.82, 2.24) is 0 Å². The number of benzene rings is 5. The van der Waals surface area contributed by atoms with Gasteiger partial charge < -0.3 is 5.11 Å². The van der Waals surface area contributed by atoms with E-state index in [1.165, 1.54) is 0 Å². The van der Waals surface area contributed by atoms with Crippen molar-refractivity contribution >= 4 is 33.8 Å². The molecule has 3 nitrogen and oxygen atoms in total. The summed E-state index contributed by atoms with van der Waals surface area (Å²) in [5.41, 5.74) is -29.5. The van der Waals surface area contributed by atoms with E-state index in [0.29, 0.717) is 5.56 Å². The van der Waals surface area contributed by atoms with Gasteiger partial charge in [-0.05, 0) is 24.3 Å². The largest absolute Gasteiger partial charge is 0.507 e. The summed E-state index contributed by atoms with van der Waals surface area (Å²) in [6, 6.07) is 3.45. The Balaban J connectivity index is 0.000000520. The monoisotopic (exact) mass is 1080 g/mol. The van der Waals surface area contributed by atoms with Crippen molar-refractivity contribution in [3.8, 4) is 5.75 Å². The van der Waals surface area contributed by atoms with Crippen LogP contribution in [0, 0.1) is 0 Å². The first kappa shape index (κ1) is 57.0. The predicted octanol–water partition coefficient (Wildman–Crippen LogP) is 12.8. The van der Waals surface area contributed by atoms with E-state index in [4.69, 9.17) is 5.11 Å². The van der Waals surface area contributed by atoms with Gasteiger partial charge in [0.15, 0.2) is 12.4 Å². The average Bonchev–Trinajstić information content (AvgIpc) is 3.25. The highest BCUT2D eigenvalue weighted by Crippen LogP contribution is 2.41. The normalized spacial score (nSPS) is 13.4. The number of rotatable bonds is 7. The quantitative estimate of drug-likeness (QED) is 0.0749. The third kappa shape index (κ3) is 13.4. The number of hydrogen-bond donors (Lipinski definition) is 1. The lowest BCUT2D eigenvalue weighted by Crippen LogP contribution is -2.75. The van der Waals surface area contributed by atoms with Crippen molar-refractivity contribution in [2.75, 3.05) is 0 Å². The maximum Gasteiger partial charge on any atom is 0.416 e. The van der Waals surface area contributed by atoms with Crippen LogP contribution in [0.4, 0.5) is 105 Å². The van der Waals surface area contributed by atoms with Gasteiger partial charge in [-0.15, -0.1) is 0 Å². The van der Waals surface area contributed by atoms with Crippen molar-refractivity contribution in [3.63, 3.8) is 0 Å². The van der Waals surface area contributed by atoms with Crippen LogP contribution in [0.15, 0.2) is 128 Å². The van der Waals surface area contributed by atoms with E-state index < -0.39 is 195 Å². The van der Waals surface area contributed by atoms with Gasteiger partial charge in [0, 0.05) is 17.7 Å². The molecular weight excluding hydrogens is 1050 g/mol. The van der Waals surface area contributed by atoms with Crippen LogP contribution < -0.4 is 26.4 Å². The minimum absolute atomic E-state index is 0.0521. The molecule has 0 atom stereocenters. The molecule has 6 aromatic rings. The number of ketones is 1. The molecule has 73 heavy (non-hydrogen) atoms. The Morgan fingerprint density at radius 1 is 0.356 bits per heavy atom. The van der Waals surface area contributed by atoms with Gasteiger partial charge in [-0.2, -0.15) is 132 Å². The molecule has 1 aromatic heterocycles. The zero-order valence-corrected chi connectivity index (χ0v) is 35.3. The van der Waals surface area contributed by atoms with Gasteiger partial charge in [-0.25, -0.2) is 0 Å². The first-order valence-corrected chi connectivity index (χ1v) is 19.6. The molecule has 0 aliphatic heterocycles. The molecule has 0 saturated carbocycles. The summed E-state index contributed by atoms with van der Waals surface area (Å²) >= 11 is 0. The molecule has 0 amide bonds. The van der Waals surface area contributed by atoms with E-state index in [9.17, 15) is 110 Å². The summed E-state index contributed by atoms with van der Waals surface area (Å²) in [5.74, 6) is 0.250. The molecule has 6 rings (SSSR count). The average molecular weight is 1080 g/mol. The minimum Gasteiger partial charge on any atom is -0.507 e. The summed E-state index contributed by atoms with van der Waals surface area (Å²) in [5, 5.41) is 9.11. The van der Waals surface area contributed by atoms with Gasteiger partial charge in [0.1, 0.15) is 11.9 Å². The summed E-state index contributed by atoms with van der Waals surface area (Å²) in [4.78, 5) is 11.8. The smallest absolute Gasteiger partial charge is 0.416 e. The molecule has 28 heteroatoms. The van der Waals surface area contributed by atoms with Gasteiger partial charge in [0.2, 0.25) is 12.3 Å². The Labute approximate surface area is 392 Å². The maximum atomic E-state index is 14.2. The predicted molar refractivity (Wildman–Crippen MR) is 209 cm³/mol. The van der Waals surface area contributed by atoms with E-state index in [2.05, 4.69) is 0 Å². The fourth-order valence-electron chi connectivity index (χ4n) is 7.51. The number of pyridine rings is 1. The fourth-order valence-corrected chi connectivity index (χ4v) is 7.51. The third-order valence-electron chi connectivity index (χ3n) is 10.7. The second-order valence-electron chi connectivity index (χ2n) is 15.7. The molecule has 1 N–H and O–H groups in total. The van der Waals surface area contributed by atoms with Gasteiger partial charge >= 0.3 is 49.4 Å². The Morgan fingerprint density at radius 3 is 0.781 bits per heavy atom. The zero-order valence-electron chi connectivity index (χ0n) is 35.3. The SMILES string of the molecule is FC(F)(F)c1cc([B-](c2cc(C(F)(F)F)cc(C(F)(F)F)c2)(c2cc(C(F)(F)F)cc(C(F)(F)F)c2)c2cc(C(F)(F)F)cc(C(F)(F)F)c2)cc(C(F)(F)F)c1.O=C(C[n+]1ccc(O)cc1)c1ccccc1. The second-order valence-corrected chi connectivity index (χ2v) is 15.7. The van der Waals surface area contributed by atoms with Crippen molar-refractivity contribution in [2.24, 2.45) is 0 Å². The van der Waals surface area contributed by atoms with Crippen LogP contribution in [-0.2, 0) is 56.0 Å². The van der Waals surface area contributed by atoms with Crippen molar-refractivity contribution in [2.45, 2.75) is 56.0 Å². The lowest BCUT2D eigenvalue weighted by molar-refractivity contribution is -0.683. The Kier molecular flexibility index (Phi) is 15.2. The van der Waals surface area contributed by atoms with E-state index >= 15 is 0 Å². The maximum absolute atomic E-state index is 14.2. The van der Waals surface area contributed by atoms with Crippen molar-refractivity contribution in [1.29, 1.82) is 0 Å². The Bertz CT molecular complexity index is 2510. The first-order valence-electron chi connectivity index (χ1n) is 19.6. The molecule has 5 aromatic carbocycles. The zero-order chi connectivity index (χ0) is 55.3. The van der Waals surface area contributed by atoms with Crippen LogP contribution in [0.1, 0.15) is 54.9 Å². The lowest BCUT2D eigenvalue weighted by atomic mass is 9.12. The van der Waals surface area contributed by atoms with Crippen LogP contribution >= 0.6 is 0 Å². The van der Waals surface area contributed by atoms with Crippen LogP contribution in [0.3, 0.4) is 0 Å². The summed E-state index contributed by atoms with van der Waals surface area (Å²) in [6.07, 6.45) is -51.5. The van der Waals surface area contributed by atoms with Crippen LogP contribution in [0.2, 0.25) is 0 Å². The molecule has 0 radical (unpaired) electrons. The molecule has 0 saturated heterocycles. The second kappa shape index (κ2) is 19.5. The van der Waals surface area contributed by atoms with Crippen LogP contribution in [-0.4, -0.2) is 17.0 Å². The summed E-state index contributed by atoms with van der Waals surface area (Å²) < 4.78 is 343. The number of alkyl halides is 24. The highest BCUT2D eigenvalue weighted by atomic mass is 19.4. The van der Waals surface area contributed by atoms with E-state index in [-0.39, 0.29) is 18.1 Å². The number of carbonyl (C=O) groups is 1. The van der Waals surface area contributed by atoms with Gasteiger partial charge in [-0.3, -0.25) is 4.79 Å². The number of hydrogen-bond acceptors (Lipinski definition) is 2. The van der Waals surface area contributed by atoms with E-state index in [1.54, 1.807) is 41.2 Å². The summed E-state index contributed by atoms with van der Waals surface area (Å²) in [6.45, 7) is 0.282. The molecule has 0 fully saturated rings. The van der Waals surface area contributed by atoms with Gasteiger partial charge in [0.05, 0.1) is 44.5 Å². The highest BCUT2D eigenvalue weighted by molar-refractivity contribution is 7.20. The van der Waals surface area contributed by atoms with Crippen molar-refractivity contribution < 1.29 is 120 Å². The number of nitrogens with zero attached hydrogens (tertiary/aromatic N) is 1. The third-order valence-corrected chi connectivity index (χ3v) is 10.7. The number of halogens is 24. The Hall–Kier alpha value is -6.90. The van der Waals surface area contributed by atoms with Gasteiger partial charge in [0.25, 0.3) is 0 Å². The summed E-state index contributed by atoms with van der Waals surface area (Å²) in [7, 11) is 0. The van der Waals surface area contributed by atoms with E-state index in [0.717, 1.165) is 0 Å². The number of aromatic hydroxyl groups is 1. The Morgan fingerprint density at radius 2 is 0.575 bits per heavy atom. The van der Waals surface area contributed by atoms with Crippen molar-refractivity contribution in [3.05, 3.63) is 178 Å². The number of aromatic nitrogens is 1.